The van der Waals surface area contributed by atoms with E-state index in [4.69, 9.17) is 10.5 Å². The number of ether oxygens (including phenoxy) is 1. The predicted octanol–water partition coefficient (Wildman–Crippen LogP) is 5.09. The molecule has 2 aromatic heterocycles. The SMILES string of the molecule is CC(C)OC(=O)N1CCC(c2ncc(-c3ccc(N(Cc4ccccn4)C(N)=O)cc3S(=O)(=O)NC(C)(C)C)s2)CC1. The topological polar surface area (TPSA) is 148 Å². The molecule has 1 aliphatic heterocycles. The minimum atomic E-state index is -4.02. The molecule has 0 unspecified atom stereocenters. The number of piperidine rings is 1. The molecule has 3 amide bonds. The van der Waals surface area contributed by atoms with E-state index < -0.39 is 21.6 Å². The highest BCUT2D eigenvalue weighted by Crippen LogP contribution is 2.39. The third-order valence-corrected chi connectivity index (χ3v) is 9.54. The van der Waals surface area contributed by atoms with Gasteiger partial charge in [0.1, 0.15) is 0 Å². The molecule has 42 heavy (non-hydrogen) atoms. The summed E-state index contributed by atoms with van der Waals surface area (Å²) in [6.45, 7) is 10.1. The quantitative estimate of drug-likeness (QED) is 0.359. The summed E-state index contributed by atoms with van der Waals surface area (Å²) in [5.74, 6) is 0.141. The normalized spacial score (nSPS) is 14.7. The van der Waals surface area contributed by atoms with Crippen molar-refractivity contribution in [2.45, 2.75) is 76.5 Å². The Morgan fingerprint density at radius 3 is 2.48 bits per heavy atom. The van der Waals surface area contributed by atoms with Gasteiger partial charge in [-0.3, -0.25) is 9.88 Å². The van der Waals surface area contributed by atoms with Gasteiger partial charge in [0.05, 0.1) is 33.1 Å². The summed E-state index contributed by atoms with van der Waals surface area (Å²) in [6.07, 6.45) is 4.28. The molecule has 0 aliphatic carbocycles. The van der Waals surface area contributed by atoms with E-state index in [-0.39, 0.29) is 29.6 Å². The van der Waals surface area contributed by atoms with Crippen molar-refractivity contribution in [2.24, 2.45) is 5.73 Å². The summed E-state index contributed by atoms with van der Waals surface area (Å²) >= 11 is 1.43. The summed E-state index contributed by atoms with van der Waals surface area (Å²) in [4.78, 5) is 37.4. The molecule has 0 spiro atoms. The smallest absolute Gasteiger partial charge is 0.410 e. The van der Waals surface area contributed by atoms with Crippen LogP contribution in [0.2, 0.25) is 0 Å². The number of carbonyl (C=O) groups is 2. The number of nitrogens with zero attached hydrogens (tertiary/aromatic N) is 4. The van der Waals surface area contributed by atoms with Crippen LogP contribution in [0, 0.1) is 0 Å². The molecule has 3 aromatic rings. The number of primary amides is 1. The van der Waals surface area contributed by atoms with Gasteiger partial charge in [-0.15, -0.1) is 11.3 Å². The van der Waals surface area contributed by atoms with E-state index in [2.05, 4.69) is 14.7 Å². The highest BCUT2D eigenvalue weighted by Gasteiger charge is 2.30. The fourth-order valence-corrected chi connectivity index (χ4v) is 7.55. The van der Waals surface area contributed by atoms with Crippen molar-refractivity contribution in [1.29, 1.82) is 0 Å². The van der Waals surface area contributed by atoms with Gasteiger partial charge >= 0.3 is 12.1 Å². The molecule has 0 saturated carbocycles. The van der Waals surface area contributed by atoms with Crippen LogP contribution in [-0.2, 0) is 21.3 Å². The van der Waals surface area contributed by atoms with Crippen LogP contribution in [0.1, 0.15) is 64.1 Å². The molecule has 0 atom stereocenters. The minimum Gasteiger partial charge on any atom is -0.447 e. The lowest BCUT2D eigenvalue weighted by molar-refractivity contribution is 0.0691. The number of anilines is 1. The number of urea groups is 1. The molecule has 11 nitrogen and oxygen atoms in total. The summed E-state index contributed by atoms with van der Waals surface area (Å²) in [7, 11) is -4.02. The number of hydrogen-bond acceptors (Lipinski definition) is 8. The van der Waals surface area contributed by atoms with Crippen LogP contribution >= 0.6 is 11.3 Å². The Morgan fingerprint density at radius 2 is 1.88 bits per heavy atom. The molecule has 0 bridgehead atoms. The van der Waals surface area contributed by atoms with Crippen LogP contribution in [-0.4, -0.2) is 60.1 Å². The minimum absolute atomic E-state index is 0.0173. The number of rotatable bonds is 8. The molecule has 4 rings (SSSR count). The lowest BCUT2D eigenvalue weighted by atomic mass is 9.98. The predicted molar refractivity (Wildman–Crippen MR) is 163 cm³/mol. The number of nitrogens with one attached hydrogen (secondary N) is 1. The molecular weight excluding hydrogens is 576 g/mol. The largest absolute Gasteiger partial charge is 0.447 e. The monoisotopic (exact) mass is 614 g/mol. The number of pyridine rings is 1. The summed E-state index contributed by atoms with van der Waals surface area (Å²) in [5, 5.41) is 0.881. The van der Waals surface area contributed by atoms with Crippen molar-refractivity contribution in [3.05, 3.63) is 59.5 Å². The first-order valence-electron chi connectivity index (χ1n) is 13.8. The molecule has 1 fully saturated rings. The van der Waals surface area contributed by atoms with Crippen molar-refractivity contribution in [3.8, 4) is 10.4 Å². The molecule has 13 heteroatoms. The Hall–Kier alpha value is -3.55. The Balaban J connectivity index is 1.66. The van der Waals surface area contributed by atoms with E-state index in [1.165, 1.54) is 22.3 Å². The summed E-state index contributed by atoms with van der Waals surface area (Å²) in [6, 6.07) is 9.43. The number of sulfonamides is 1. The zero-order chi connectivity index (χ0) is 30.7. The fraction of sp³-hybridized carbons (Fsp3) is 0.448. The first kappa shape index (κ1) is 31.4. The molecule has 0 radical (unpaired) electrons. The van der Waals surface area contributed by atoms with E-state index >= 15 is 0 Å². The molecule has 226 valence electrons. The average Bonchev–Trinajstić information content (AvgIpc) is 3.40. The van der Waals surface area contributed by atoms with Gasteiger partial charge < -0.3 is 15.4 Å². The zero-order valence-corrected chi connectivity index (χ0v) is 26.2. The van der Waals surface area contributed by atoms with E-state index in [1.54, 1.807) is 68.4 Å². The molecule has 1 aliphatic rings. The van der Waals surface area contributed by atoms with Crippen LogP contribution < -0.4 is 15.4 Å². The lowest BCUT2D eigenvalue weighted by Crippen LogP contribution is -2.41. The number of carbonyl (C=O) groups excluding carboxylic acids is 2. The second-order valence-electron chi connectivity index (χ2n) is 11.5. The van der Waals surface area contributed by atoms with Gasteiger partial charge in [-0.25, -0.2) is 27.7 Å². The van der Waals surface area contributed by atoms with Gasteiger partial charge in [-0.05, 0) is 71.7 Å². The third-order valence-electron chi connectivity index (χ3n) is 6.55. The maximum absolute atomic E-state index is 13.7. The number of likely N-dealkylation sites (tertiary alicyclic amines) is 1. The Bertz CT molecular complexity index is 1510. The van der Waals surface area contributed by atoms with E-state index in [1.807, 2.05) is 13.8 Å². The highest BCUT2D eigenvalue weighted by atomic mass is 32.2. The fourth-order valence-electron chi connectivity index (χ4n) is 4.70. The number of amides is 3. The third kappa shape index (κ3) is 7.84. The first-order valence-corrected chi connectivity index (χ1v) is 16.1. The van der Waals surface area contributed by atoms with Crippen molar-refractivity contribution < 1.29 is 22.7 Å². The maximum Gasteiger partial charge on any atom is 0.410 e. The van der Waals surface area contributed by atoms with E-state index in [0.717, 1.165) is 17.8 Å². The second-order valence-corrected chi connectivity index (χ2v) is 14.3. The average molecular weight is 615 g/mol. The molecular formula is C29H38N6O5S2. The zero-order valence-electron chi connectivity index (χ0n) is 24.5. The number of hydrogen-bond donors (Lipinski definition) is 2. The van der Waals surface area contributed by atoms with Crippen LogP contribution in [0.15, 0.2) is 53.7 Å². The Labute approximate surface area is 251 Å². The Kier molecular flexibility index (Phi) is 9.53. The van der Waals surface area contributed by atoms with Crippen LogP contribution in [0.25, 0.3) is 10.4 Å². The van der Waals surface area contributed by atoms with E-state index in [0.29, 0.717) is 34.9 Å². The van der Waals surface area contributed by atoms with Gasteiger partial charge in [-0.2, -0.15) is 0 Å². The van der Waals surface area contributed by atoms with Gasteiger partial charge in [0, 0.05) is 48.2 Å². The van der Waals surface area contributed by atoms with E-state index in [9.17, 15) is 18.0 Å². The Morgan fingerprint density at radius 1 is 1.17 bits per heavy atom. The molecule has 3 N–H and O–H groups in total. The van der Waals surface area contributed by atoms with Crippen LogP contribution in [0.3, 0.4) is 0 Å². The highest BCUT2D eigenvalue weighted by molar-refractivity contribution is 7.89. The van der Waals surface area contributed by atoms with Gasteiger partial charge in [0.15, 0.2) is 0 Å². The van der Waals surface area contributed by atoms with Crippen LogP contribution in [0.4, 0.5) is 15.3 Å². The van der Waals surface area contributed by atoms with Gasteiger partial charge in [0.2, 0.25) is 10.0 Å². The standard InChI is InChI=1S/C29H38N6O5S2/c1-19(2)40-28(37)34-14-11-20(12-15-34)26-32-17-24(41-26)23-10-9-22(16-25(23)42(38,39)33-29(3,4)5)35(27(30)36)18-21-8-6-7-13-31-21/h6-10,13,16-17,19-20,33H,11-12,14-15,18H2,1-5H3,(H2,30,36). The molecule has 1 saturated heterocycles. The number of benzene rings is 1. The summed E-state index contributed by atoms with van der Waals surface area (Å²) in [5.41, 5.74) is 6.38. The van der Waals surface area contributed by atoms with Crippen molar-refractivity contribution in [1.82, 2.24) is 19.6 Å². The van der Waals surface area contributed by atoms with Gasteiger partial charge in [-0.1, -0.05) is 12.1 Å². The van der Waals surface area contributed by atoms with Crippen molar-refractivity contribution in [3.63, 3.8) is 0 Å². The number of aromatic nitrogens is 2. The van der Waals surface area contributed by atoms with Gasteiger partial charge in [0.25, 0.3) is 0 Å². The first-order chi connectivity index (χ1) is 19.7. The second kappa shape index (κ2) is 12.8. The lowest BCUT2D eigenvalue weighted by Gasteiger charge is -2.30. The van der Waals surface area contributed by atoms with Crippen molar-refractivity contribution in [2.75, 3.05) is 18.0 Å². The molecule has 1 aromatic carbocycles. The number of nitrogens with two attached hydrogens (primary N) is 1. The maximum atomic E-state index is 13.7. The number of thiazole rings is 1. The van der Waals surface area contributed by atoms with Crippen molar-refractivity contribution >= 4 is 39.2 Å². The molecule has 3 heterocycles. The summed E-state index contributed by atoms with van der Waals surface area (Å²) < 4.78 is 35.5. The van der Waals surface area contributed by atoms with Crippen LogP contribution in [0.5, 0.6) is 0 Å².